The third-order valence-corrected chi connectivity index (χ3v) is 2.01. The summed E-state index contributed by atoms with van der Waals surface area (Å²) in [5.74, 6) is 0. The average Bonchev–Trinajstić information content (AvgIpc) is 2.67. The number of rotatable bonds is 2. The van der Waals surface area contributed by atoms with Gasteiger partial charge in [-0.1, -0.05) is 23.3 Å². The van der Waals surface area contributed by atoms with Gasteiger partial charge in [0.05, 0.1) is 5.69 Å². The molecule has 0 aliphatic heterocycles. The number of para-hydroxylation sites is 1. The largest absolute Gasteiger partial charge is 0.271 e. The van der Waals surface area contributed by atoms with Gasteiger partial charge in [-0.15, -0.1) is 0 Å². The van der Waals surface area contributed by atoms with Gasteiger partial charge in [0.1, 0.15) is 0 Å². The maximum Gasteiger partial charge on any atom is 0.228 e. The van der Waals surface area contributed by atoms with Crippen molar-refractivity contribution in [1.82, 2.24) is 20.2 Å². The van der Waals surface area contributed by atoms with Crippen molar-refractivity contribution in [3.05, 3.63) is 30.3 Å². The van der Waals surface area contributed by atoms with E-state index in [1.165, 1.54) is 0 Å². The predicted octanol–water partition coefficient (Wildman–Crippen LogP) is 0.628. The first-order valence-electron chi connectivity index (χ1n) is 3.62. The van der Waals surface area contributed by atoms with Gasteiger partial charge in [-0.3, -0.25) is 5.14 Å². The summed E-state index contributed by atoms with van der Waals surface area (Å²) in [5.41, 5.74) is 0.903. The second kappa shape index (κ2) is 3.55. The Kier molecular flexibility index (Phi) is 2.24. The fraction of sp³-hybridized carbons (Fsp3) is 0. The molecule has 0 spiro atoms. The van der Waals surface area contributed by atoms with E-state index < -0.39 is 0 Å². The molecule has 0 amide bonds. The molecule has 0 bridgehead atoms. The minimum absolute atomic E-state index is 0.575. The molecule has 1 aromatic heterocycles. The van der Waals surface area contributed by atoms with E-state index in [0.29, 0.717) is 5.16 Å². The highest BCUT2D eigenvalue weighted by atomic mass is 32.2. The molecule has 0 fully saturated rings. The molecule has 0 aliphatic carbocycles. The molecule has 0 saturated carbocycles. The van der Waals surface area contributed by atoms with E-state index >= 15 is 0 Å². The number of hydrogen-bond acceptors (Lipinski definition) is 5. The summed E-state index contributed by atoms with van der Waals surface area (Å²) in [5, 5.41) is 17.1. The topological polar surface area (TPSA) is 69.6 Å². The Labute approximate surface area is 79.1 Å². The normalized spacial score (nSPS) is 10.2. The number of aromatic nitrogens is 4. The van der Waals surface area contributed by atoms with Crippen molar-refractivity contribution < 1.29 is 0 Å². The van der Waals surface area contributed by atoms with Gasteiger partial charge in [-0.25, -0.2) is 0 Å². The molecule has 0 saturated heterocycles. The SMILES string of the molecule is NSc1nnnn1-c1ccccc1. The summed E-state index contributed by atoms with van der Waals surface area (Å²) in [4.78, 5) is 0. The molecule has 2 rings (SSSR count). The zero-order valence-electron chi connectivity index (χ0n) is 6.66. The van der Waals surface area contributed by atoms with Crippen molar-refractivity contribution >= 4 is 11.9 Å². The monoisotopic (exact) mass is 193 g/mol. The number of tetrazole rings is 1. The maximum absolute atomic E-state index is 5.39. The molecule has 66 valence electrons. The second-order valence-corrected chi connectivity index (χ2v) is 2.93. The van der Waals surface area contributed by atoms with Gasteiger partial charge in [0.25, 0.3) is 0 Å². The number of nitrogens with two attached hydrogens (primary N) is 1. The lowest BCUT2D eigenvalue weighted by Gasteiger charge is -1.99. The quantitative estimate of drug-likeness (QED) is 0.708. The van der Waals surface area contributed by atoms with Crippen LogP contribution in [-0.2, 0) is 0 Å². The number of nitrogens with zero attached hydrogens (tertiary/aromatic N) is 4. The van der Waals surface area contributed by atoms with Crippen LogP contribution >= 0.6 is 11.9 Å². The van der Waals surface area contributed by atoms with Gasteiger partial charge in [-0.2, -0.15) is 4.68 Å². The molecule has 5 nitrogen and oxygen atoms in total. The van der Waals surface area contributed by atoms with Gasteiger partial charge in [0, 0.05) is 0 Å². The average molecular weight is 193 g/mol. The second-order valence-electron chi connectivity index (χ2n) is 2.33. The highest BCUT2D eigenvalue weighted by Crippen LogP contribution is 2.12. The summed E-state index contributed by atoms with van der Waals surface area (Å²) in [6, 6.07) is 9.60. The van der Waals surface area contributed by atoms with Crippen LogP contribution in [0.15, 0.2) is 35.5 Å². The standard InChI is InChI=1S/C7H7N5S/c8-13-7-9-10-11-12(7)6-4-2-1-3-5-6/h1-5H,8H2. The molecular weight excluding hydrogens is 186 g/mol. The molecule has 0 atom stereocenters. The smallest absolute Gasteiger partial charge is 0.228 e. The van der Waals surface area contributed by atoms with Crippen LogP contribution in [0.4, 0.5) is 0 Å². The van der Waals surface area contributed by atoms with Crippen molar-refractivity contribution in [3.63, 3.8) is 0 Å². The first-order chi connectivity index (χ1) is 6.42. The maximum atomic E-state index is 5.39. The van der Waals surface area contributed by atoms with Crippen LogP contribution in [0, 0.1) is 0 Å². The van der Waals surface area contributed by atoms with Crippen LogP contribution in [0.3, 0.4) is 0 Å². The van der Waals surface area contributed by atoms with E-state index in [0.717, 1.165) is 17.6 Å². The summed E-state index contributed by atoms with van der Waals surface area (Å²) in [7, 11) is 0. The molecule has 2 aromatic rings. The third kappa shape index (κ3) is 1.53. The molecule has 1 heterocycles. The van der Waals surface area contributed by atoms with Gasteiger partial charge in [0.15, 0.2) is 0 Å². The Morgan fingerprint density at radius 3 is 2.69 bits per heavy atom. The minimum atomic E-state index is 0.575. The summed E-state index contributed by atoms with van der Waals surface area (Å²) < 4.78 is 1.59. The Hall–Kier alpha value is -1.40. The fourth-order valence-corrected chi connectivity index (χ4v) is 1.31. The Morgan fingerprint density at radius 1 is 1.23 bits per heavy atom. The third-order valence-electron chi connectivity index (χ3n) is 1.55. The van der Waals surface area contributed by atoms with Crippen LogP contribution < -0.4 is 5.14 Å². The number of hydrogen-bond donors (Lipinski definition) is 1. The zero-order chi connectivity index (χ0) is 9.10. The van der Waals surface area contributed by atoms with E-state index in [9.17, 15) is 0 Å². The van der Waals surface area contributed by atoms with Crippen molar-refractivity contribution in [3.8, 4) is 5.69 Å². The van der Waals surface area contributed by atoms with Crippen molar-refractivity contribution in [2.45, 2.75) is 5.16 Å². The van der Waals surface area contributed by atoms with Crippen LogP contribution in [0.1, 0.15) is 0 Å². The lowest BCUT2D eigenvalue weighted by Crippen LogP contribution is -1.99. The minimum Gasteiger partial charge on any atom is -0.271 e. The number of benzene rings is 1. The highest BCUT2D eigenvalue weighted by molar-refractivity contribution is 7.96. The molecule has 0 unspecified atom stereocenters. The molecule has 1 aromatic carbocycles. The Balaban J connectivity index is 2.47. The van der Waals surface area contributed by atoms with E-state index in [2.05, 4.69) is 15.5 Å². The van der Waals surface area contributed by atoms with Gasteiger partial charge >= 0.3 is 0 Å². The van der Waals surface area contributed by atoms with Crippen molar-refractivity contribution in [2.75, 3.05) is 0 Å². The fourth-order valence-electron chi connectivity index (χ4n) is 0.984. The van der Waals surface area contributed by atoms with Crippen LogP contribution in [-0.4, -0.2) is 20.2 Å². The zero-order valence-corrected chi connectivity index (χ0v) is 7.48. The molecule has 6 heteroatoms. The molecule has 0 aliphatic rings. The van der Waals surface area contributed by atoms with Crippen LogP contribution in [0.25, 0.3) is 5.69 Å². The first kappa shape index (κ1) is 8.21. The predicted molar refractivity (Wildman–Crippen MR) is 49.2 cm³/mol. The van der Waals surface area contributed by atoms with E-state index in [-0.39, 0.29) is 0 Å². The van der Waals surface area contributed by atoms with E-state index in [4.69, 9.17) is 5.14 Å². The lowest BCUT2D eigenvalue weighted by molar-refractivity contribution is 0.756. The van der Waals surface area contributed by atoms with E-state index in [1.54, 1.807) is 4.68 Å². The van der Waals surface area contributed by atoms with Gasteiger partial charge in [-0.05, 0) is 34.5 Å². The summed E-state index contributed by atoms with van der Waals surface area (Å²) >= 11 is 1.02. The van der Waals surface area contributed by atoms with Crippen molar-refractivity contribution in [1.29, 1.82) is 0 Å². The van der Waals surface area contributed by atoms with E-state index in [1.807, 2.05) is 30.3 Å². The summed E-state index contributed by atoms with van der Waals surface area (Å²) in [6.07, 6.45) is 0. The molecule has 13 heavy (non-hydrogen) atoms. The first-order valence-corrected chi connectivity index (χ1v) is 4.50. The van der Waals surface area contributed by atoms with Gasteiger partial charge in [0.2, 0.25) is 5.16 Å². The van der Waals surface area contributed by atoms with Crippen molar-refractivity contribution in [2.24, 2.45) is 5.14 Å². The van der Waals surface area contributed by atoms with Crippen LogP contribution in [0.5, 0.6) is 0 Å². The van der Waals surface area contributed by atoms with Crippen LogP contribution in [0.2, 0.25) is 0 Å². The highest BCUT2D eigenvalue weighted by Gasteiger charge is 2.05. The summed E-state index contributed by atoms with van der Waals surface area (Å²) in [6.45, 7) is 0. The molecular formula is C7H7N5S. The lowest BCUT2D eigenvalue weighted by atomic mass is 10.3. The Bertz CT molecular complexity index is 385. The van der Waals surface area contributed by atoms with Gasteiger partial charge < -0.3 is 0 Å². The Morgan fingerprint density at radius 2 is 2.00 bits per heavy atom. The molecule has 0 radical (unpaired) electrons. The molecule has 2 N–H and O–H groups in total.